The lowest BCUT2D eigenvalue weighted by atomic mass is 10.0. The fraction of sp³-hybridized carbons (Fsp3) is 0.429. The summed E-state index contributed by atoms with van der Waals surface area (Å²) in [5.41, 5.74) is -0.0322. The molecule has 1 saturated heterocycles. The van der Waals surface area contributed by atoms with E-state index in [0.29, 0.717) is 13.0 Å². The van der Waals surface area contributed by atoms with Crippen molar-refractivity contribution in [3.8, 4) is 0 Å². The summed E-state index contributed by atoms with van der Waals surface area (Å²) in [5.74, 6) is -1.53. The lowest BCUT2D eigenvalue weighted by molar-refractivity contribution is -0.147. The molecule has 1 unspecified atom stereocenters. The molecular weight excluding hydrogens is 329 g/mol. The molecular formula is C14H15BrFNO3. The van der Waals surface area contributed by atoms with Gasteiger partial charge < -0.3 is 9.64 Å². The van der Waals surface area contributed by atoms with Crippen molar-refractivity contribution in [2.75, 3.05) is 13.7 Å². The van der Waals surface area contributed by atoms with Gasteiger partial charge in [0.25, 0.3) is 5.91 Å². The number of methoxy groups -OCH3 is 1. The lowest BCUT2D eigenvalue weighted by Gasteiger charge is -2.33. The summed E-state index contributed by atoms with van der Waals surface area (Å²) in [6.45, 7) is 0.435. The molecule has 2 rings (SSSR count). The van der Waals surface area contributed by atoms with E-state index in [9.17, 15) is 14.0 Å². The molecule has 6 heteroatoms. The summed E-state index contributed by atoms with van der Waals surface area (Å²) >= 11 is 3.06. The van der Waals surface area contributed by atoms with E-state index in [0.717, 1.165) is 12.8 Å². The van der Waals surface area contributed by atoms with Gasteiger partial charge in [-0.25, -0.2) is 9.18 Å². The summed E-state index contributed by atoms with van der Waals surface area (Å²) in [6, 6.07) is 3.92. The predicted octanol–water partition coefficient (Wildman–Crippen LogP) is 2.76. The van der Waals surface area contributed by atoms with Crippen LogP contribution in [0.4, 0.5) is 4.39 Å². The Hall–Kier alpha value is -1.43. The number of likely N-dealkylation sites (tertiary alicyclic amines) is 1. The summed E-state index contributed by atoms with van der Waals surface area (Å²) in [7, 11) is 1.29. The number of halogens is 2. The van der Waals surface area contributed by atoms with Crippen LogP contribution in [0.1, 0.15) is 29.6 Å². The van der Waals surface area contributed by atoms with Gasteiger partial charge in [-0.2, -0.15) is 0 Å². The van der Waals surface area contributed by atoms with Crippen molar-refractivity contribution in [1.82, 2.24) is 4.90 Å². The molecule has 0 saturated carbocycles. The standard InChI is InChI=1S/C14H15BrFNO3/c1-20-14(19)11-7-2-3-8-17(11)13(18)9-5-4-6-10(15)12(9)16/h4-6,11H,2-3,7-8H2,1H3. The predicted molar refractivity (Wildman–Crippen MR) is 74.8 cm³/mol. The minimum absolute atomic E-state index is 0.0322. The van der Waals surface area contributed by atoms with Crippen molar-refractivity contribution in [2.24, 2.45) is 0 Å². The van der Waals surface area contributed by atoms with E-state index in [1.54, 1.807) is 6.07 Å². The summed E-state index contributed by atoms with van der Waals surface area (Å²) < 4.78 is 19.0. The molecule has 1 aromatic rings. The molecule has 0 aliphatic carbocycles. The smallest absolute Gasteiger partial charge is 0.328 e. The Balaban J connectivity index is 2.30. The summed E-state index contributed by atoms with van der Waals surface area (Å²) in [4.78, 5) is 25.6. The summed E-state index contributed by atoms with van der Waals surface area (Å²) in [5, 5.41) is 0. The Labute approximate surface area is 125 Å². The molecule has 20 heavy (non-hydrogen) atoms. The second-order valence-electron chi connectivity index (χ2n) is 4.63. The SMILES string of the molecule is COC(=O)C1CCCCN1C(=O)c1cccc(Br)c1F. The van der Waals surface area contributed by atoms with Crippen LogP contribution in [0.25, 0.3) is 0 Å². The fourth-order valence-corrected chi connectivity index (χ4v) is 2.75. The van der Waals surface area contributed by atoms with Crippen LogP contribution in [0.2, 0.25) is 0 Å². The number of hydrogen-bond donors (Lipinski definition) is 0. The topological polar surface area (TPSA) is 46.6 Å². The normalized spacial score (nSPS) is 18.8. The third-order valence-corrected chi connectivity index (χ3v) is 4.03. The molecule has 0 bridgehead atoms. The molecule has 4 nitrogen and oxygen atoms in total. The number of piperidine rings is 1. The molecule has 1 fully saturated rings. The van der Waals surface area contributed by atoms with E-state index in [1.807, 2.05) is 0 Å². The Bertz CT molecular complexity index is 535. The van der Waals surface area contributed by atoms with E-state index in [-0.39, 0.29) is 10.0 Å². The van der Waals surface area contributed by atoms with Gasteiger partial charge in [-0.3, -0.25) is 4.79 Å². The molecule has 108 valence electrons. The van der Waals surface area contributed by atoms with Crippen molar-refractivity contribution < 1.29 is 18.7 Å². The number of benzene rings is 1. The van der Waals surface area contributed by atoms with Crippen LogP contribution in [0.3, 0.4) is 0 Å². The quantitative estimate of drug-likeness (QED) is 0.775. The fourth-order valence-electron chi connectivity index (χ4n) is 2.38. The third kappa shape index (κ3) is 2.85. The molecule has 1 aliphatic heterocycles. The monoisotopic (exact) mass is 343 g/mol. The summed E-state index contributed by atoms with van der Waals surface area (Å²) in [6.07, 6.45) is 2.20. The number of ether oxygens (including phenoxy) is 1. The van der Waals surface area contributed by atoms with E-state index in [2.05, 4.69) is 15.9 Å². The zero-order chi connectivity index (χ0) is 14.7. The number of carbonyl (C=O) groups excluding carboxylic acids is 2. The zero-order valence-corrected chi connectivity index (χ0v) is 12.7. The number of esters is 1. The molecule has 0 spiro atoms. The second kappa shape index (κ2) is 6.35. The van der Waals surface area contributed by atoms with Crippen LogP contribution in [0.5, 0.6) is 0 Å². The highest BCUT2D eigenvalue weighted by Gasteiger charge is 2.34. The molecule has 1 aromatic carbocycles. The van der Waals surface area contributed by atoms with Gasteiger partial charge in [0.15, 0.2) is 0 Å². The van der Waals surface area contributed by atoms with Gasteiger partial charge in [0.05, 0.1) is 17.1 Å². The number of nitrogens with zero attached hydrogens (tertiary/aromatic N) is 1. The first kappa shape index (κ1) is 15.0. The number of carbonyl (C=O) groups is 2. The average molecular weight is 344 g/mol. The zero-order valence-electron chi connectivity index (χ0n) is 11.1. The Morgan fingerprint density at radius 2 is 2.15 bits per heavy atom. The molecule has 0 N–H and O–H groups in total. The maximum Gasteiger partial charge on any atom is 0.328 e. The Morgan fingerprint density at radius 3 is 2.85 bits per heavy atom. The van der Waals surface area contributed by atoms with Gasteiger partial charge in [-0.05, 0) is 47.3 Å². The van der Waals surface area contributed by atoms with Gasteiger partial charge in [0, 0.05) is 6.54 Å². The maximum atomic E-state index is 14.0. The largest absolute Gasteiger partial charge is 0.467 e. The lowest BCUT2D eigenvalue weighted by Crippen LogP contribution is -2.48. The highest BCUT2D eigenvalue weighted by Crippen LogP contribution is 2.24. The van der Waals surface area contributed by atoms with Crippen LogP contribution in [0.15, 0.2) is 22.7 Å². The number of rotatable bonds is 2. The average Bonchev–Trinajstić information content (AvgIpc) is 2.48. The van der Waals surface area contributed by atoms with Gasteiger partial charge in [0.2, 0.25) is 0 Å². The van der Waals surface area contributed by atoms with Gasteiger partial charge in [-0.15, -0.1) is 0 Å². The van der Waals surface area contributed by atoms with Crippen LogP contribution >= 0.6 is 15.9 Å². The van der Waals surface area contributed by atoms with Crippen LogP contribution in [-0.2, 0) is 9.53 Å². The van der Waals surface area contributed by atoms with Crippen LogP contribution in [-0.4, -0.2) is 36.5 Å². The molecule has 1 amide bonds. The first-order chi connectivity index (χ1) is 9.56. The van der Waals surface area contributed by atoms with Gasteiger partial charge in [0.1, 0.15) is 11.9 Å². The minimum atomic E-state index is -0.625. The second-order valence-corrected chi connectivity index (χ2v) is 5.49. The van der Waals surface area contributed by atoms with Gasteiger partial charge >= 0.3 is 5.97 Å². The molecule has 0 aromatic heterocycles. The van der Waals surface area contributed by atoms with Crippen LogP contribution in [0, 0.1) is 5.82 Å². The highest BCUT2D eigenvalue weighted by atomic mass is 79.9. The van der Waals surface area contributed by atoms with E-state index in [4.69, 9.17) is 4.74 Å². The first-order valence-electron chi connectivity index (χ1n) is 6.39. The number of hydrogen-bond acceptors (Lipinski definition) is 3. The molecule has 1 atom stereocenters. The molecule has 1 heterocycles. The number of amides is 1. The molecule has 0 radical (unpaired) electrons. The van der Waals surface area contributed by atoms with Gasteiger partial charge in [-0.1, -0.05) is 6.07 Å². The Morgan fingerprint density at radius 1 is 1.40 bits per heavy atom. The van der Waals surface area contributed by atoms with E-state index >= 15 is 0 Å². The van der Waals surface area contributed by atoms with Crippen molar-refractivity contribution in [2.45, 2.75) is 25.3 Å². The Kier molecular flexibility index (Phi) is 4.75. The van der Waals surface area contributed by atoms with Crippen molar-refractivity contribution in [3.05, 3.63) is 34.1 Å². The third-order valence-electron chi connectivity index (χ3n) is 3.42. The van der Waals surface area contributed by atoms with Crippen molar-refractivity contribution >= 4 is 27.8 Å². The van der Waals surface area contributed by atoms with Crippen molar-refractivity contribution in [1.29, 1.82) is 0 Å². The maximum absolute atomic E-state index is 14.0. The molecule has 1 aliphatic rings. The first-order valence-corrected chi connectivity index (χ1v) is 7.18. The minimum Gasteiger partial charge on any atom is -0.467 e. The van der Waals surface area contributed by atoms with Crippen molar-refractivity contribution in [3.63, 3.8) is 0 Å². The van der Waals surface area contributed by atoms with Crippen LogP contribution < -0.4 is 0 Å². The van der Waals surface area contributed by atoms with E-state index < -0.39 is 23.7 Å². The highest BCUT2D eigenvalue weighted by molar-refractivity contribution is 9.10. The van der Waals surface area contributed by atoms with E-state index in [1.165, 1.54) is 24.1 Å².